The van der Waals surface area contributed by atoms with E-state index < -0.39 is 0 Å². The van der Waals surface area contributed by atoms with Gasteiger partial charge in [0.15, 0.2) is 0 Å². The highest BCUT2D eigenvalue weighted by Gasteiger charge is 2.33. The fourth-order valence-corrected chi connectivity index (χ4v) is 7.03. The second-order valence-electron chi connectivity index (χ2n) is 11.1. The molecule has 2 fully saturated rings. The second-order valence-corrected chi connectivity index (χ2v) is 12.8. The smallest absolute Gasteiger partial charge is 0.270 e. The van der Waals surface area contributed by atoms with Crippen LogP contribution in [0, 0.1) is 24.2 Å². The molecule has 0 N–H and O–H groups in total. The van der Waals surface area contributed by atoms with E-state index in [1.54, 1.807) is 9.47 Å². The van der Waals surface area contributed by atoms with Crippen LogP contribution < -0.4 is 10.5 Å². The predicted molar refractivity (Wildman–Crippen MR) is 168 cm³/mol. The predicted octanol–water partition coefficient (Wildman–Crippen LogP) is 7.41. The fourth-order valence-electron chi connectivity index (χ4n) is 5.74. The van der Waals surface area contributed by atoms with E-state index in [9.17, 15) is 14.9 Å². The zero-order valence-corrected chi connectivity index (χ0v) is 26.0. The number of hydrogen-bond acceptors (Lipinski definition) is 6. The summed E-state index contributed by atoms with van der Waals surface area (Å²) in [7, 11) is 0. The number of thioether (sulfide) groups is 1. The Morgan fingerprint density at radius 2 is 1.69 bits per heavy atom. The third kappa shape index (κ3) is 7.98. The lowest BCUT2D eigenvalue weighted by molar-refractivity contribution is -0.122. The summed E-state index contributed by atoms with van der Waals surface area (Å²) in [5, 5.41) is 9.81. The van der Waals surface area contributed by atoms with Crippen molar-refractivity contribution >= 4 is 46.1 Å². The van der Waals surface area contributed by atoms with Gasteiger partial charge in [0.05, 0.1) is 4.91 Å². The maximum Gasteiger partial charge on any atom is 0.270 e. The van der Waals surface area contributed by atoms with Crippen LogP contribution in [0.25, 0.3) is 6.08 Å². The van der Waals surface area contributed by atoms with Crippen LogP contribution in [0.3, 0.4) is 0 Å². The Kier molecular flexibility index (Phi) is 12.6. The number of aromatic nitrogens is 1. The number of carbonyl (C=O) groups is 1. The Hall–Kier alpha value is -2.11. The molecule has 0 aliphatic carbocycles. The number of nitrogens with zero attached hydrogens (tertiary/aromatic N) is 4. The molecule has 2 aliphatic heterocycles. The van der Waals surface area contributed by atoms with Gasteiger partial charge in [0.1, 0.15) is 21.8 Å². The van der Waals surface area contributed by atoms with E-state index in [1.165, 1.54) is 63.1 Å². The molecule has 6 nitrogen and oxygen atoms in total. The van der Waals surface area contributed by atoms with Gasteiger partial charge in [0.2, 0.25) is 0 Å². The maximum absolute atomic E-state index is 13.4. The molecule has 3 heterocycles. The van der Waals surface area contributed by atoms with Crippen molar-refractivity contribution in [3.63, 3.8) is 0 Å². The molecule has 1 unspecified atom stereocenters. The first-order valence-corrected chi connectivity index (χ1v) is 16.2. The summed E-state index contributed by atoms with van der Waals surface area (Å²) in [6.45, 7) is 11.1. The fraction of sp³-hybridized carbons (Fsp3) is 0.677. The lowest BCUT2D eigenvalue weighted by Gasteiger charge is -2.35. The summed E-state index contributed by atoms with van der Waals surface area (Å²) in [6.07, 6.45) is 16.6. The van der Waals surface area contributed by atoms with E-state index in [1.807, 2.05) is 19.9 Å². The van der Waals surface area contributed by atoms with Crippen LogP contribution in [0.2, 0.25) is 0 Å². The highest BCUT2D eigenvalue weighted by molar-refractivity contribution is 8.26. The van der Waals surface area contributed by atoms with Gasteiger partial charge in [-0.15, -0.1) is 0 Å². The minimum Gasteiger partial charge on any atom is -0.357 e. The number of anilines is 1. The molecule has 0 aromatic carbocycles. The van der Waals surface area contributed by atoms with Crippen molar-refractivity contribution in [3.05, 3.63) is 31.9 Å². The van der Waals surface area contributed by atoms with Gasteiger partial charge in [-0.3, -0.25) is 19.1 Å². The number of piperidine rings is 1. The summed E-state index contributed by atoms with van der Waals surface area (Å²) in [4.78, 5) is 31.2. The van der Waals surface area contributed by atoms with Crippen molar-refractivity contribution < 1.29 is 4.79 Å². The zero-order valence-electron chi connectivity index (χ0n) is 24.4. The molecule has 2 saturated heterocycles. The third-order valence-corrected chi connectivity index (χ3v) is 9.38. The van der Waals surface area contributed by atoms with Gasteiger partial charge in [-0.2, -0.15) is 5.26 Å². The van der Waals surface area contributed by atoms with E-state index in [2.05, 4.69) is 24.8 Å². The molecule has 1 aromatic heterocycles. The Bertz CT molecular complexity index is 1150. The topological polar surface area (TPSA) is 69.3 Å². The molecule has 1 amide bonds. The molecular weight excluding hydrogens is 525 g/mol. The molecule has 2 aliphatic rings. The van der Waals surface area contributed by atoms with Gasteiger partial charge in [-0.1, -0.05) is 95.6 Å². The molecule has 39 heavy (non-hydrogen) atoms. The van der Waals surface area contributed by atoms with E-state index >= 15 is 0 Å². The molecule has 0 saturated carbocycles. The molecule has 3 rings (SSSR count). The molecule has 0 radical (unpaired) electrons. The summed E-state index contributed by atoms with van der Waals surface area (Å²) in [6, 6.07) is 2.12. The number of carbonyl (C=O) groups excluding carboxylic acids is 1. The largest absolute Gasteiger partial charge is 0.357 e. The van der Waals surface area contributed by atoms with Crippen molar-refractivity contribution in [1.82, 2.24) is 9.47 Å². The molecule has 8 heteroatoms. The summed E-state index contributed by atoms with van der Waals surface area (Å²) < 4.78 is 2.30. The maximum atomic E-state index is 13.4. The zero-order chi connectivity index (χ0) is 28.4. The van der Waals surface area contributed by atoms with Crippen LogP contribution in [-0.4, -0.2) is 39.3 Å². The Morgan fingerprint density at radius 1 is 1.05 bits per heavy atom. The van der Waals surface area contributed by atoms with Crippen LogP contribution in [0.1, 0.15) is 115 Å². The lowest BCUT2D eigenvalue weighted by Crippen LogP contribution is -2.40. The van der Waals surface area contributed by atoms with Crippen molar-refractivity contribution in [2.45, 2.75) is 111 Å². The number of rotatable bonds is 14. The average Bonchev–Trinajstić information content (AvgIpc) is 3.18. The number of hydrogen-bond donors (Lipinski definition) is 0. The normalized spacial score (nSPS) is 18.8. The Labute approximate surface area is 244 Å². The van der Waals surface area contributed by atoms with Crippen LogP contribution in [0.5, 0.6) is 0 Å². The average molecular weight is 571 g/mol. The highest BCUT2D eigenvalue weighted by Crippen LogP contribution is 2.37. The number of thiocarbonyl (C=S) groups is 1. The van der Waals surface area contributed by atoms with Crippen molar-refractivity contribution in [1.29, 1.82) is 5.26 Å². The number of amides is 1. The Morgan fingerprint density at radius 3 is 2.28 bits per heavy atom. The number of nitriles is 1. The summed E-state index contributed by atoms with van der Waals surface area (Å²) in [5.41, 5.74) is 1.33. The number of unbranched alkanes of at least 4 members (excludes halogenated alkanes) is 9. The number of pyridine rings is 1. The molecule has 0 bridgehead atoms. The van der Waals surface area contributed by atoms with Gasteiger partial charge in [0, 0.05) is 31.7 Å². The first-order chi connectivity index (χ1) is 18.8. The van der Waals surface area contributed by atoms with E-state index in [0.29, 0.717) is 33.8 Å². The van der Waals surface area contributed by atoms with Crippen LogP contribution in [-0.2, 0) is 11.3 Å². The van der Waals surface area contributed by atoms with E-state index in [4.69, 9.17) is 12.2 Å². The van der Waals surface area contributed by atoms with Gasteiger partial charge in [0.25, 0.3) is 11.5 Å². The van der Waals surface area contributed by atoms with Gasteiger partial charge < -0.3 is 4.90 Å². The summed E-state index contributed by atoms with van der Waals surface area (Å²) >= 11 is 6.95. The van der Waals surface area contributed by atoms with Gasteiger partial charge >= 0.3 is 0 Å². The first-order valence-electron chi connectivity index (χ1n) is 15.0. The monoisotopic (exact) mass is 570 g/mol. The van der Waals surface area contributed by atoms with Crippen LogP contribution in [0.15, 0.2) is 9.70 Å². The van der Waals surface area contributed by atoms with Gasteiger partial charge in [-0.25, -0.2) is 0 Å². The van der Waals surface area contributed by atoms with Crippen molar-refractivity contribution in [3.8, 4) is 6.07 Å². The quantitative estimate of drug-likeness (QED) is 0.132. The SMILES string of the molecule is CCCCCCCCCCCCN1C(=O)C(=Cc2c(C)c(C#N)c(=O)n(CC)c2N2CCCC(C)C2)SC1=S. The minimum atomic E-state index is -0.253. The molecule has 1 aromatic rings. The van der Waals surface area contributed by atoms with Crippen molar-refractivity contribution in [2.24, 2.45) is 5.92 Å². The van der Waals surface area contributed by atoms with Gasteiger partial charge in [-0.05, 0) is 50.7 Å². The Balaban J connectivity index is 1.74. The molecule has 1 atom stereocenters. The first kappa shape index (κ1) is 31.4. The van der Waals surface area contributed by atoms with E-state index in [0.717, 1.165) is 50.2 Å². The van der Waals surface area contributed by atoms with Crippen molar-refractivity contribution in [2.75, 3.05) is 24.5 Å². The molecule has 214 valence electrons. The molecular formula is C31H46N4O2S2. The van der Waals surface area contributed by atoms with Crippen LogP contribution >= 0.6 is 24.0 Å². The second kappa shape index (κ2) is 15.6. The third-order valence-electron chi connectivity index (χ3n) is 8.00. The highest BCUT2D eigenvalue weighted by atomic mass is 32.2. The summed E-state index contributed by atoms with van der Waals surface area (Å²) in [5.74, 6) is 1.28. The van der Waals surface area contributed by atoms with Crippen LogP contribution in [0.4, 0.5) is 5.82 Å². The van der Waals surface area contributed by atoms with E-state index in [-0.39, 0.29) is 17.0 Å². The standard InChI is InChI=1S/C31H46N4O2S2/c1-5-7-8-9-10-11-12-13-14-15-19-35-30(37)27(39-31(35)38)20-25-24(4)26(21-32)29(36)34(6-2)28(25)33-18-16-17-23(3)22-33/h20,23H,5-19,22H2,1-4H3. The molecule has 0 spiro atoms. The minimum absolute atomic E-state index is 0.0638. The lowest BCUT2D eigenvalue weighted by atomic mass is 9.98.